The van der Waals surface area contributed by atoms with Gasteiger partial charge in [0.25, 0.3) is 0 Å². The summed E-state index contributed by atoms with van der Waals surface area (Å²) in [6.45, 7) is 0.463. The van der Waals surface area contributed by atoms with Gasteiger partial charge in [0.05, 0.1) is 6.42 Å². The molecule has 2 aliphatic rings. The summed E-state index contributed by atoms with van der Waals surface area (Å²) in [5, 5.41) is 16.9. The molecule has 0 unspecified atom stereocenters. The van der Waals surface area contributed by atoms with E-state index in [-0.39, 0.29) is 18.4 Å². The average Bonchev–Trinajstić information content (AvgIpc) is 2.28. The van der Waals surface area contributed by atoms with Gasteiger partial charge in [0.1, 0.15) is 6.04 Å². The zero-order valence-corrected chi connectivity index (χ0v) is 9.69. The minimum atomic E-state index is -1.20. The van der Waals surface area contributed by atoms with Crippen molar-refractivity contribution in [1.82, 2.24) is 21.3 Å². The largest absolute Gasteiger partial charge is 0.480 e. The standard InChI is InChI=1S/C5H6N2O4.C4H6N2O2/c8-3-1-2(4(9)10)6-5(11)7-3;7-3-1-2-5-4(8)6-3/h2H,1H2,(H,9,10)(H2,6,7,8,11);1-2H2,(H2,5,6,7,8)/t2-;/m0./s1. The van der Waals surface area contributed by atoms with Crippen LogP contribution in [0.4, 0.5) is 9.59 Å². The molecule has 0 saturated carbocycles. The van der Waals surface area contributed by atoms with Gasteiger partial charge in [0.15, 0.2) is 0 Å². The van der Waals surface area contributed by atoms with Crippen LogP contribution in [-0.2, 0) is 14.4 Å². The summed E-state index contributed by atoms with van der Waals surface area (Å²) in [6.07, 6.45) is 0.187. The van der Waals surface area contributed by atoms with E-state index in [0.717, 1.165) is 0 Å². The van der Waals surface area contributed by atoms with Crippen LogP contribution in [0.15, 0.2) is 0 Å². The Balaban J connectivity index is 0.000000200. The van der Waals surface area contributed by atoms with Crippen molar-refractivity contribution < 1.29 is 29.1 Å². The van der Waals surface area contributed by atoms with E-state index in [0.29, 0.717) is 13.0 Å². The predicted octanol–water partition coefficient (Wildman–Crippen LogP) is -2.11. The second-order valence-corrected chi connectivity index (χ2v) is 3.67. The molecule has 10 nitrogen and oxygen atoms in total. The number of carboxylic acids is 1. The van der Waals surface area contributed by atoms with E-state index < -0.39 is 23.9 Å². The molecule has 5 N–H and O–H groups in total. The molecule has 0 aromatic heterocycles. The summed E-state index contributed by atoms with van der Waals surface area (Å²) >= 11 is 0. The minimum absolute atomic E-state index is 0.200. The molecule has 0 spiro atoms. The normalized spacial score (nSPS) is 22.0. The maximum Gasteiger partial charge on any atom is 0.326 e. The lowest BCUT2D eigenvalue weighted by Crippen LogP contribution is -2.55. The molecule has 10 heteroatoms. The van der Waals surface area contributed by atoms with E-state index in [1.54, 1.807) is 0 Å². The van der Waals surface area contributed by atoms with Gasteiger partial charge in [-0.1, -0.05) is 0 Å². The molecule has 0 aliphatic carbocycles. The summed E-state index contributed by atoms with van der Waals surface area (Å²) in [7, 11) is 0. The molecule has 0 aromatic rings. The Morgan fingerprint density at radius 2 is 1.68 bits per heavy atom. The third-order valence-corrected chi connectivity index (χ3v) is 2.14. The van der Waals surface area contributed by atoms with Gasteiger partial charge < -0.3 is 15.7 Å². The van der Waals surface area contributed by atoms with Crippen LogP contribution < -0.4 is 21.3 Å². The van der Waals surface area contributed by atoms with Crippen LogP contribution >= 0.6 is 0 Å². The molecule has 2 aliphatic heterocycles. The molecule has 0 bridgehead atoms. The van der Waals surface area contributed by atoms with E-state index in [1.165, 1.54) is 0 Å². The summed E-state index contributed by atoms with van der Waals surface area (Å²) < 4.78 is 0. The number of hydrogen-bond donors (Lipinski definition) is 5. The van der Waals surface area contributed by atoms with Crippen molar-refractivity contribution in [3.63, 3.8) is 0 Å². The first-order valence-corrected chi connectivity index (χ1v) is 5.29. The van der Waals surface area contributed by atoms with E-state index in [1.807, 2.05) is 5.32 Å². The van der Waals surface area contributed by atoms with Crippen LogP contribution in [0.1, 0.15) is 12.8 Å². The van der Waals surface area contributed by atoms with Crippen LogP contribution in [0.25, 0.3) is 0 Å². The lowest BCUT2D eigenvalue weighted by Gasteiger charge is -2.18. The molecule has 6 amide bonds. The third-order valence-electron chi connectivity index (χ3n) is 2.14. The Kier molecular flexibility index (Phi) is 4.80. The number of carbonyl (C=O) groups excluding carboxylic acids is 4. The van der Waals surface area contributed by atoms with Crippen molar-refractivity contribution in [2.45, 2.75) is 18.9 Å². The fraction of sp³-hybridized carbons (Fsp3) is 0.444. The lowest BCUT2D eigenvalue weighted by atomic mass is 10.2. The fourth-order valence-corrected chi connectivity index (χ4v) is 1.28. The molecule has 0 aromatic carbocycles. The number of carboxylic acid groups (broad SMARTS) is 1. The van der Waals surface area contributed by atoms with Gasteiger partial charge in [-0.2, -0.15) is 0 Å². The highest BCUT2D eigenvalue weighted by Crippen LogP contribution is 1.97. The molecule has 2 rings (SSSR count). The molecule has 2 saturated heterocycles. The molecule has 1 atom stereocenters. The molecular weight excluding hydrogens is 260 g/mol. The summed E-state index contributed by atoms with van der Waals surface area (Å²) in [5.74, 6) is -1.97. The number of nitrogens with one attached hydrogen (secondary N) is 4. The molecule has 19 heavy (non-hydrogen) atoms. The monoisotopic (exact) mass is 272 g/mol. The zero-order chi connectivity index (χ0) is 14.4. The first-order valence-electron chi connectivity index (χ1n) is 5.29. The first-order chi connectivity index (χ1) is 8.88. The molecule has 0 radical (unpaired) electrons. The summed E-state index contributed by atoms with van der Waals surface area (Å²) in [6, 6.07) is -2.23. The van der Waals surface area contributed by atoms with Crippen molar-refractivity contribution in [3.05, 3.63) is 0 Å². The lowest BCUT2D eigenvalue weighted by molar-refractivity contribution is -0.141. The average molecular weight is 272 g/mol. The first kappa shape index (κ1) is 14.4. The Morgan fingerprint density at radius 3 is 2.11 bits per heavy atom. The number of rotatable bonds is 1. The summed E-state index contributed by atoms with van der Waals surface area (Å²) in [5.41, 5.74) is 0. The predicted molar refractivity (Wildman–Crippen MR) is 58.9 cm³/mol. The number of hydrogen-bond acceptors (Lipinski definition) is 5. The number of aliphatic carboxylic acids is 1. The second kappa shape index (κ2) is 6.33. The van der Waals surface area contributed by atoms with E-state index >= 15 is 0 Å². The van der Waals surface area contributed by atoms with Crippen LogP contribution in [0.3, 0.4) is 0 Å². The minimum Gasteiger partial charge on any atom is -0.480 e. The maximum atomic E-state index is 10.6. The highest BCUT2D eigenvalue weighted by molar-refractivity contribution is 6.01. The van der Waals surface area contributed by atoms with E-state index in [2.05, 4.69) is 16.0 Å². The van der Waals surface area contributed by atoms with E-state index in [9.17, 15) is 24.0 Å². The number of carbonyl (C=O) groups is 5. The Morgan fingerprint density at radius 1 is 1.05 bits per heavy atom. The zero-order valence-electron chi connectivity index (χ0n) is 9.69. The Labute approximate surface area is 106 Å². The molecular formula is C9H12N4O6. The van der Waals surface area contributed by atoms with Crippen LogP contribution in [0, 0.1) is 0 Å². The topological polar surface area (TPSA) is 154 Å². The number of urea groups is 2. The third kappa shape index (κ3) is 5.02. The highest BCUT2D eigenvalue weighted by Gasteiger charge is 2.28. The smallest absolute Gasteiger partial charge is 0.326 e. The van der Waals surface area contributed by atoms with Gasteiger partial charge in [0, 0.05) is 13.0 Å². The Hall–Kier alpha value is -2.65. The van der Waals surface area contributed by atoms with Gasteiger partial charge in [-0.05, 0) is 0 Å². The van der Waals surface area contributed by atoms with Crippen molar-refractivity contribution in [1.29, 1.82) is 0 Å². The van der Waals surface area contributed by atoms with Crippen LogP contribution in [-0.4, -0.2) is 47.5 Å². The van der Waals surface area contributed by atoms with Crippen molar-refractivity contribution >= 4 is 29.8 Å². The SMILES string of the molecule is O=C1CCNC(=O)N1.O=C1C[C@@H](C(=O)O)NC(=O)N1. The van der Waals surface area contributed by atoms with Gasteiger partial charge in [-0.25, -0.2) is 14.4 Å². The van der Waals surface area contributed by atoms with Gasteiger partial charge in [-0.3, -0.25) is 20.2 Å². The second-order valence-electron chi connectivity index (χ2n) is 3.67. The Bertz CT molecular complexity index is 404. The van der Waals surface area contributed by atoms with Crippen molar-refractivity contribution in [3.8, 4) is 0 Å². The molecule has 2 heterocycles. The highest BCUT2D eigenvalue weighted by atomic mass is 16.4. The molecule has 2 fully saturated rings. The van der Waals surface area contributed by atoms with Crippen molar-refractivity contribution in [2.75, 3.05) is 6.54 Å². The van der Waals surface area contributed by atoms with Gasteiger partial charge >= 0.3 is 18.0 Å². The van der Waals surface area contributed by atoms with Gasteiger partial charge in [0.2, 0.25) is 11.8 Å². The van der Waals surface area contributed by atoms with Gasteiger partial charge in [-0.15, -0.1) is 0 Å². The fourth-order valence-electron chi connectivity index (χ4n) is 1.28. The van der Waals surface area contributed by atoms with Crippen LogP contribution in [0.5, 0.6) is 0 Å². The summed E-state index contributed by atoms with van der Waals surface area (Å²) in [4.78, 5) is 51.8. The van der Waals surface area contributed by atoms with Crippen LogP contribution in [0.2, 0.25) is 0 Å². The molecule has 104 valence electrons. The van der Waals surface area contributed by atoms with E-state index in [4.69, 9.17) is 5.11 Å². The van der Waals surface area contributed by atoms with Crippen molar-refractivity contribution in [2.24, 2.45) is 0 Å². The number of imide groups is 2. The maximum absolute atomic E-state index is 10.6. The number of amides is 6. The quantitative estimate of drug-likeness (QED) is 0.368.